The van der Waals surface area contributed by atoms with Gasteiger partial charge in [-0.15, -0.1) is 0 Å². The van der Waals surface area contributed by atoms with E-state index in [4.69, 9.17) is 12.2 Å². The van der Waals surface area contributed by atoms with E-state index >= 15 is 0 Å². The summed E-state index contributed by atoms with van der Waals surface area (Å²) in [5.74, 6) is 0. The highest BCUT2D eigenvalue weighted by Crippen LogP contribution is 2.13. The lowest BCUT2D eigenvalue weighted by molar-refractivity contribution is 1.13. The molecule has 4 nitrogen and oxygen atoms in total. The molecule has 0 atom stereocenters. The van der Waals surface area contributed by atoms with Gasteiger partial charge in [0.1, 0.15) is 16.7 Å². The lowest BCUT2D eigenvalue weighted by Gasteiger charge is -1.97. The quantitative estimate of drug-likeness (QED) is 0.694. The van der Waals surface area contributed by atoms with Crippen LogP contribution in [0.4, 0.5) is 0 Å². The second-order valence-electron chi connectivity index (χ2n) is 2.39. The topological polar surface area (TPSA) is 54.5 Å². The van der Waals surface area contributed by atoms with E-state index in [1.165, 1.54) is 6.33 Å². The fourth-order valence-corrected chi connectivity index (χ4v) is 1.22. The standard InChI is InChI=1S/C8H6N4S/c13-8-7(11-1-2-12-8)6-3-9-5-10-4-6/h1-5H,(H,12,13). The van der Waals surface area contributed by atoms with Crippen molar-refractivity contribution < 1.29 is 0 Å². The second kappa shape index (κ2) is 3.40. The Morgan fingerprint density at radius 1 is 1.23 bits per heavy atom. The Morgan fingerprint density at radius 2 is 2.00 bits per heavy atom. The lowest BCUT2D eigenvalue weighted by Crippen LogP contribution is -1.88. The second-order valence-corrected chi connectivity index (χ2v) is 2.80. The summed E-state index contributed by atoms with van der Waals surface area (Å²) in [6.07, 6.45) is 8.17. The molecule has 0 aromatic carbocycles. The molecule has 2 rings (SSSR count). The normalized spacial score (nSPS) is 9.85. The fraction of sp³-hybridized carbons (Fsp3) is 0. The summed E-state index contributed by atoms with van der Waals surface area (Å²) in [5.41, 5.74) is 1.53. The molecule has 2 heterocycles. The van der Waals surface area contributed by atoms with Gasteiger partial charge in [-0.2, -0.15) is 0 Å². The molecule has 0 radical (unpaired) electrons. The van der Waals surface area contributed by atoms with Crippen molar-refractivity contribution in [3.63, 3.8) is 0 Å². The molecular weight excluding hydrogens is 184 g/mol. The molecule has 13 heavy (non-hydrogen) atoms. The molecule has 64 valence electrons. The van der Waals surface area contributed by atoms with Gasteiger partial charge in [-0.3, -0.25) is 4.98 Å². The van der Waals surface area contributed by atoms with Gasteiger partial charge >= 0.3 is 0 Å². The maximum Gasteiger partial charge on any atom is 0.130 e. The van der Waals surface area contributed by atoms with Crippen LogP contribution in [0.2, 0.25) is 0 Å². The highest BCUT2D eigenvalue weighted by atomic mass is 32.1. The minimum absolute atomic E-state index is 0.595. The predicted octanol–water partition coefficient (Wildman–Crippen LogP) is 1.60. The van der Waals surface area contributed by atoms with Crippen molar-refractivity contribution in [2.75, 3.05) is 0 Å². The number of H-pyrrole nitrogens is 1. The first-order chi connectivity index (χ1) is 6.38. The Hall–Kier alpha value is -1.62. The maximum absolute atomic E-state index is 5.06. The molecule has 0 saturated carbocycles. The Bertz CT molecular complexity index is 451. The van der Waals surface area contributed by atoms with Crippen LogP contribution in [0, 0.1) is 4.64 Å². The van der Waals surface area contributed by atoms with Gasteiger partial charge in [-0.25, -0.2) is 9.97 Å². The van der Waals surface area contributed by atoms with Gasteiger partial charge in [-0.05, 0) is 0 Å². The summed E-state index contributed by atoms with van der Waals surface area (Å²) in [4.78, 5) is 14.8. The van der Waals surface area contributed by atoms with Crippen molar-refractivity contribution in [1.82, 2.24) is 19.9 Å². The summed E-state index contributed by atoms with van der Waals surface area (Å²) in [6, 6.07) is 0. The first-order valence-electron chi connectivity index (χ1n) is 3.67. The van der Waals surface area contributed by atoms with E-state index in [1.54, 1.807) is 24.8 Å². The minimum atomic E-state index is 0.595. The third kappa shape index (κ3) is 1.59. The number of nitrogens with zero attached hydrogens (tertiary/aromatic N) is 3. The van der Waals surface area contributed by atoms with E-state index in [-0.39, 0.29) is 0 Å². The van der Waals surface area contributed by atoms with Crippen LogP contribution in [0.3, 0.4) is 0 Å². The van der Waals surface area contributed by atoms with Gasteiger partial charge in [0.2, 0.25) is 0 Å². The molecule has 5 heteroatoms. The molecule has 2 aromatic heterocycles. The Kier molecular flexibility index (Phi) is 2.09. The van der Waals surface area contributed by atoms with Crippen LogP contribution in [0.15, 0.2) is 31.1 Å². The molecule has 2 aromatic rings. The van der Waals surface area contributed by atoms with Crippen molar-refractivity contribution in [3.8, 4) is 11.3 Å². The molecule has 0 spiro atoms. The van der Waals surface area contributed by atoms with Crippen LogP contribution in [-0.4, -0.2) is 19.9 Å². The molecule has 0 unspecified atom stereocenters. The van der Waals surface area contributed by atoms with Crippen LogP contribution in [0.5, 0.6) is 0 Å². The van der Waals surface area contributed by atoms with E-state index in [0.717, 1.165) is 5.56 Å². The smallest absolute Gasteiger partial charge is 0.130 e. The average molecular weight is 190 g/mol. The summed E-state index contributed by atoms with van der Waals surface area (Å²) in [7, 11) is 0. The highest BCUT2D eigenvalue weighted by Gasteiger charge is 1.99. The summed E-state index contributed by atoms with van der Waals surface area (Å²) >= 11 is 5.06. The first-order valence-corrected chi connectivity index (χ1v) is 4.08. The third-order valence-corrected chi connectivity index (χ3v) is 1.85. The number of rotatable bonds is 1. The minimum Gasteiger partial charge on any atom is -0.350 e. The van der Waals surface area contributed by atoms with Gasteiger partial charge in [0.25, 0.3) is 0 Å². The lowest BCUT2D eigenvalue weighted by atomic mass is 10.2. The van der Waals surface area contributed by atoms with Crippen molar-refractivity contribution in [1.29, 1.82) is 0 Å². The first kappa shape index (κ1) is 8.00. The zero-order valence-corrected chi connectivity index (χ0v) is 7.45. The van der Waals surface area contributed by atoms with Crippen molar-refractivity contribution in [2.24, 2.45) is 0 Å². The zero-order chi connectivity index (χ0) is 9.10. The van der Waals surface area contributed by atoms with E-state index in [2.05, 4.69) is 19.9 Å². The van der Waals surface area contributed by atoms with Gasteiger partial charge in [0.15, 0.2) is 0 Å². The number of nitrogens with one attached hydrogen (secondary N) is 1. The van der Waals surface area contributed by atoms with Crippen LogP contribution < -0.4 is 0 Å². The van der Waals surface area contributed by atoms with Gasteiger partial charge in [0, 0.05) is 30.4 Å². The van der Waals surface area contributed by atoms with Gasteiger partial charge in [0.05, 0.1) is 0 Å². The molecule has 0 saturated heterocycles. The molecule has 0 aliphatic rings. The molecule has 1 N–H and O–H groups in total. The van der Waals surface area contributed by atoms with E-state index in [1.807, 2.05) is 0 Å². The average Bonchev–Trinajstić information content (AvgIpc) is 2.20. The van der Waals surface area contributed by atoms with E-state index in [9.17, 15) is 0 Å². The van der Waals surface area contributed by atoms with Crippen LogP contribution in [-0.2, 0) is 0 Å². The van der Waals surface area contributed by atoms with Crippen molar-refractivity contribution in [2.45, 2.75) is 0 Å². The zero-order valence-electron chi connectivity index (χ0n) is 6.64. The SMILES string of the molecule is S=c1[nH]ccnc1-c1cncnc1. The van der Waals surface area contributed by atoms with E-state index in [0.29, 0.717) is 10.3 Å². The summed E-state index contributed by atoms with van der Waals surface area (Å²) < 4.78 is 0.595. The monoisotopic (exact) mass is 190 g/mol. The number of aromatic amines is 1. The molecule has 0 fully saturated rings. The largest absolute Gasteiger partial charge is 0.350 e. The number of aromatic nitrogens is 4. The summed E-state index contributed by atoms with van der Waals surface area (Å²) in [6.45, 7) is 0. The summed E-state index contributed by atoms with van der Waals surface area (Å²) in [5, 5.41) is 0. The molecular formula is C8H6N4S. The molecule has 0 amide bonds. The van der Waals surface area contributed by atoms with E-state index < -0.39 is 0 Å². The van der Waals surface area contributed by atoms with Crippen molar-refractivity contribution >= 4 is 12.2 Å². The predicted molar refractivity (Wildman–Crippen MR) is 50.4 cm³/mol. The fourth-order valence-electron chi connectivity index (χ4n) is 0.979. The Labute approximate surface area is 79.7 Å². The third-order valence-electron chi connectivity index (χ3n) is 1.54. The molecule has 0 bridgehead atoms. The van der Waals surface area contributed by atoms with Crippen LogP contribution in [0.25, 0.3) is 11.3 Å². The van der Waals surface area contributed by atoms with Gasteiger partial charge < -0.3 is 4.98 Å². The van der Waals surface area contributed by atoms with Crippen LogP contribution in [0.1, 0.15) is 0 Å². The Morgan fingerprint density at radius 3 is 2.69 bits per heavy atom. The molecule has 0 aliphatic heterocycles. The highest BCUT2D eigenvalue weighted by molar-refractivity contribution is 7.71. The molecule has 0 aliphatic carbocycles. The van der Waals surface area contributed by atoms with Gasteiger partial charge in [-0.1, -0.05) is 12.2 Å². The maximum atomic E-state index is 5.06. The van der Waals surface area contributed by atoms with Crippen molar-refractivity contribution in [3.05, 3.63) is 35.8 Å². The van der Waals surface area contributed by atoms with Crippen LogP contribution >= 0.6 is 12.2 Å². The Balaban J connectivity index is 2.60. The number of hydrogen-bond donors (Lipinski definition) is 1. The number of hydrogen-bond acceptors (Lipinski definition) is 4.